The first-order valence-corrected chi connectivity index (χ1v) is 6.30. The molecule has 1 rings (SSSR count). The third-order valence-corrected chi connectivity index (χ3v) is 3.35. The van der Waals surface area contributed by atoms with Gasteiger partial charge in [0.2, 0.25) is 0 Å². The lowest BCUT2D eigenvalue weighted by Crippen LogP contribution is -2.14. The summed E-state index contributed by atoms with van der Waals surface area (Å²) in [6, 6.07) is 0. The van der Waals surface area contributed by atoms with Crippen molar-refractivity contribution in [3.63, 3.8) is 0 Å². The van der Waals surface area contributed by atoms with Gasteiger partial charge in [-0.1, -0.05) is 25.5 Å². The molecule has 0 heterocycles. The van der Waals surface area contributed by atoms with E-state index in [0.717, 1.165) is 0 Å². The summed E-state index contributed by atoms with van der Waals surface area (Å²) in [5.41, 5.74) is 1.30. The van der Waals surface area contributed by atoms with E-state index in [4.69, 9.17) is 9.47 Å². The highest BCUT2D eigenvalue weighted by molar-refractivity contribution is 5.78. The van der Waals surface area contributed by atoms with Gasteiger partial charge >= 0.3 is 5.97 Å². The molecule has 0 spiro atoms. The topological polar surface area (TPSA) is 35.5 Å². The van der Waals surface area contributed by atoms with Gasteiger partial charge < -0.3 is 9.47 Å². The van der Waals surface area contributed by atoms with Crippen LogP contribution in [0, 0.1) is 17.3 Å². The van der Waals surface area contributed by atoms with E-state index in [9.17, 15) is 4.79 Å². The Morgan fingerprint density at radius 3 is 2.47 bits per heavy atom. The van der Waals surface area contributed by atoms with Gasteiger partial charge in [-0.05, 0) is 32.1 Å². The smallest absolute Gasteiger partial charge is 0.310 e. The van der Waals surface area contributed by atoms with Crippen LogP contribution in [0.1, 0.15) is 34.6 Å². The number of allylic oxidation sites excluding steroid dienone is 2. The Morgan fingerprint density at radius 2 is 1.94 bits per heavy atom. The minimum atomic E-state index is -0.0859. The van der Waals surface area contributed by atoms with Gasteiger partial charge in [0.1, 0.15) is 6.61 Å². The van der Waals surface area contributed by atoms with E-state index in [1.165, 1.54) is 5.57 Å². The second-order valence-electron chi connectivity index (χ2n) is 5.43. The summed E-state index contributed by atoms with van der Waals surface area (Å²) < 4.78 is 10.4. The fourth-order valence-corrected chi connectivity index (χ4v) is 2.23. The van der Waals surface area contributed by atoms with Gasteiger partial charge in [-0.25, -0.2) is 0 Å². The maximum Gasteiger partial charge on any atom is 0.310 e. The average Bonchev–Trinajstić information content (AvgIpc) is 2.74. The summed E-state index contributed by atoms with van der Waals surface area (Å²) in [4.78, 5) is 11.9. The van der Waals surface area contributed by atoms with E-state index in [2.05, 4.69) is 33.8 Å². The van der Waals surface area contributed by atoms with Gasteiger partial charge in [0.05, 0.1) is 12.5 Å². The molecule has 0 radical (unpaired) electrons. The quantitative estimate of drug-likeness (QED) is 0.407. The maximum absolute atomic E-state index is 11.9. The second kappa shape index (κ2) is 5.67. The van der Waals surface area contributed by atoms with Crippen LogP contribution in [0.25, 0.3) is 0 Å². The largest absolute Gasteiger partial charge is 0.463 e. The van der Waals surface area contributed by atoms with Gasteiger partial charge in [-0.3, -0.25) is 4.79 Å². The molecule has 98 valence electrons. The van der Waals surface area contributed by atoms with E-state index in [-0.39, 0.29) is 17.3 Å². The fraction of sp³-hybridized carbons (Fsp3) is 0.786. The van der Waals surface area contributed by atoms with Crippen molar-refractivity contribution in [1.29, 1.82) is 0 Å². The standard InChI is InChI=1S/C14H24O3/c1-6-16-7-8-17-13(15)12-11(9-10(2)3)14(12,4)5/h9,11-12H,6-8H2,1-5H3/t11-,12+/m0/s1. The predicted molar refractivity (Wildman–Crippen MR) is 67.6 cm³/mol. The van der Waals surface area contributed by atoms with E-state index in [1.54, 1.807) is 0 Å². The van der Waals surface area contributed by atoms with Crippen LogP contribution in [-0.2, 0) is 14.3 Å². The molecular formula is C14H24O3. The molecule has 0 aromatic rings. The van der Waals surface area contributed by atoms with Gasteiger partial charge in [0.15, 0.2) is 0 Å². The Bertz CT molecular complexity index is 301. The van der Waals surface area contributed by atoms with Gasteiger partial charge in [0.25, 0.3) is 0 Å². The number of carbonyl (C=O) groups excluding carboxylic acids is 1. The molecule has 17 heavy (non-hydrogen) atoms. The molecule has 1 fully saturated rings. The molecule has 1 saturated carbocycles. The number of rotatable bonds is 6. The molecule has 3 nitrogen and oxygen atoms in total. The van der Waals surface area contributed by atoms with Crippen molar-refractivity contribution >= 4 is 5.97 Å². The predicted octanol–water partition coefficient (Wildman–Crippen LogP) is 2.80. The molecule has 1 aliphatic carbocycles. The summed E-state index contributed by atoms with van der Waals surface area (Å²) >= 11 is 0. The molecule has 0 amide bonds. The molecule has 0 aromatic heterocycles. The van der Waals surface area contributed by atoms with Crippen molar-refractivity contribution in [3.8, 4) is 0 Å². The van der Waals surface area contributed by atoms with Crippen LogP contribution < -0.4 is 0 Å². The fourth-order valence-electron chi connectivity index (χ4n) is 2.23. The van der Waals surface area contributed by atoms with Crippen LogP contribution >= 0.6 is 0 Å². The van der Waals surface area contributed by atoms with E-state index in [0.29, 0.717) is 25.7 Å². The zero-order chi connectivity index (χ0) is 13.1. The van der Waals surface area contributed by atoms with Crippen LogP contribution in [0.4, 0.5) is 0 Å². The Balaban J connectivity index is 2.41. The minimum Gasteiger partial charge on any atom is -0.463 e. The first kappa shape index (κ1) is 14.2. The number of esters is 1. The maximum atomic E-state index is 11.9. The molecule has 0 aliphatic heterocycles. The highest BCUT2D eigenvalue weighted by Crippen LogP contribution is 2.59. The third kappa shape index (κ3) is 3.56. The van der Waals surface area contributed by atoms with Crippen molar-refractivity contribution in [3.05, 3.63) is 11.6 Å². The third-order valence-electron chi connectivity index (χ3n) is 3.35. The summed E-state index contributed by atoms with van der Waals surface area (Å²) in [6.45, 7) is 11.8. The Kier molecular flexibility index (Phi) is 4.75. The molecule has 0 saturated heterocycles. The zero-order valence-corrected chi connectivity index (χ0v) is 11.6. The molecule has 0 bridgehead atoms. The lowest BCUT2D eigenvalue weighted by Gasteiger charge is -2.05. The van der Waals surface area contributed by atoms with Gasteiger partial charge in [-0.2, -0.15) is 0 Å². The van der Waals surface area contributed by atoms with Crippen LogP contribution in [0.15, 0.2) is 11.6 Å². The number of ether oxygens (including phenoxy) is 2. The molecule has 1 aliphatic rings. The van der Waals surface area contributed by atoms with Crippen LogP contribution in [0.2, 0.25) is 0 Å². The first-order chi connectivity index (χ1) is 7.91. The Morgan fingerprint density at radius 1 is 1.29 bits per heavy atom. The van der Waals surface area contributed by atoms with Crippen molar-refractivity contribution in [2.75, 3.05) is 19.8 Å². The van der Waals surface area contributed by atoms with Crippen LogP contribution in [-0.4, -0.2) is 25.8 Å². The molecular weight excluding hydrogens is 216 g/mol. The van der Waals surface area contributed by atoms with E-state index in [1.807, 2.05) is 6.92 Å². The highest BCUT2D eigenvalue weighted by atomic mass is 16.6. The molecule has 0 unspecified atom stereocenters. The van der Waals surface area contributed by atoms with Crippen molar-refractivity contribution in [2.45, 2.75) is 34.6 Å². The van der Waals surface area contributed by atoms with Crippen molar-refractivity contribution < 1.29 is 14.3 Å². The minimum absolute atomic E-state index is 0.0130. The molecule has 2 atom stereocenters. The van der Waals surface area contributed by atoms with Crippen LogP contribution in [0.3, 0.4) is 0 Å². The van der Waals surface area contributed by atoms with Crippen molar-refractivity contribution in [2.24, 2.45) is 17.3 Å². The number of hydrogen-bond acceptors (Lipinski definition) is 3. The van der Waals surface area contributed by atoms with Crippen molar-refractivity contribution in [1.82, 2.24) is 0 Å². The SMILES string of the molecule is CCOCCOC(=O)[C@H]1[C@H](C=C(C)C)C1(C)C. The Labute approximate surface area is 104 Å². The van der Waals surface area contributed by atoms with Gasteiger partial charge in [-0.15, -0.1) is 0 Å². The summed E-state index contributed by atoms with van der Waals surface area (Å²) in [7, 11) is 0. The summed E-state index contributed by atoms with van der Waals surface area (Å²) in [5, 5.41) is 0. The average molecular weight is 240 g/mol. The monoisotopic (exact) mass is 240 g/mol. The molecule has 3 heteroatoms. The number of hydrogen-bond donors (Lipinski definition) is 0. The second-order valence-corrected chi connectivity index (χ2v) is 5.43. The summed E-state index contributed by atoms with van der Waals surface area (Å²) in [6.07, 6.45) is 2.18. The Hall–Kier alpha value is -0.830. The van der Waals surface area contributed by atoms with Crippen LogP contribution in [0.5, 0.6) is 0 Å². The number of carbonyl (C=O) groups is 1. The first-order valence-electron chi connectivity index (χ1n) is 6.30. The van der Waals surface area contributed by atoms with Gasteiger partial charge in [0, 0.05) is 6.61 Å². The zero-order valence-electron chi connectivity index (χ0n) is 11.6. The normalized spacial score (nSPS) is 25.2. The lowest BCUT2D eigenvalue weighted by molar-refractivity contribution is -0.147. The van der Waals surface area contributed by atoms with E-state index >= 15 is 0 Å². The molecule has 0 N–H and O–H groups in total. The lowest BCUT2D eigenvalue weighted by atomic mass is 10.1. The highest BCUT2D eigenvalue weighted by Gasteiger charge is 2.61. The summed E-state index contributed by atoms with van der Waals surface area (Å²) in [5.74, 6) is 0.253. The molecule has 0 aromatic carbocycles. The van der Waals surface area contributed by atoms with E-state index < -0.39 is 0 Å².